The van der Waals surface area contributed by atoms with Gasteiger partial charge >= 0.3 is 12.0 Å². The molecule has 3 amide bonds. The van der Waals surface area contributed by atoms with Gasteiger partial charge in [0.15, 0.2) is 0 Å². The first-order valence-corrected chi connectivity index (χ1v) is 7.78. The standard InChI is InChI=1S/C16H14ClN3O5/c17-11-3-1-9(7-12(11)20-6-5-18-16(20)24)14(21)19-8-10-2-4-13(25-10)15(22)23/h1-4,7H,5-6,8H2,(H,18,24)(H,19,21)(H,22,23). The van der Waals surface area contributed by atoms with Crippen LogP contribution in [0.4, 0.5) is 10.5 Å². The summed E-state index contributed by atoms with van der Waals surface area (Å²) in [4.78, 5) is 36.3. The molecule has 25 heavy (non-hydrogen) atoms. The molecule has 0 saturated carbocycles. The normalized spacial score (nSPS) is 13.6. The van der Waals surface area contributed by atoms with Crippen LogP contribution >= 0.6 is 11.6 Å². The topological polar surface area (TPSA) is 112 Å². The summed E-state index contributed by atoms with van der Waals surface area (Å²) in [6, 6.07) is 7.15. The molecule has 8 nitrogen and oxygen atoms in total. The van der Waals surface area contributed by atoms with E-state index in [0.29, 0.717) is 35.1 Å². The van der Waals surface area contributed by atoms with E-state index in [9.17, 15) is 14.4 Å². The number of carbonyl (C=O) groups is 3. The molecule has 0 unspecified atom stereocenters. The Labute approximate surface area is 147 Å². The van der Waals surface area contributed by atoms with Crippen molar-refractivity contribution in [2.24, 2.45) is 0 Å². The molecule has 0 bridgehead atoms. The number of carboxylic acid groups (broad SMARTS) is 1. The van der Waals surface area contributed by atoms with Gasteiger partial charge in [-0.1, -0.05) is 11.6 Å². The van der Waals surface area contributed by atoms with Crippen LogP contribution in [-0.2, 0) is 6.54 Å². The number of urea groups is 1. The average molecular weight is 364 g/mol. The molecule has 0 spiro atoms. The summed E-state index contributed by atoms with van der Waals surface area (Å²) in [6.45, 7) is 1.01. The molecule has 1 aromatic heterocycles. The summed E-state index contributed by atoms with van der Waals surface area (Å²) >= 11 is 6.13. The van der Waals surface area contributed by atoms with Gasteiger partial charge in [0.2, 0.25) is 5.76 Å². The highest BCUT2D eigenvalue weighted by Gasteiger charge is 2.24. The van der Waals surface area contributed by atoms with Gasteiger partial charge in [0.05, 0.1) is 17.3 Å². The number of amides is 3. The van der Waals surface area contributed by atoms with Crippen LogP contribution in [0.2, 0.25) is 5.02 Å². The minimum absolute atomic E-state index is 0.0360. The Morgan fingerprint density at radius 1 is 1.32 bits per heavy atom. The van der Waals surface area contributed by atoms with Crippen LogP contribution in [0, 0.1) is 0 Å². The SMILES string of the molecule is O=C(NCc1ccc(C(=O)O)o1)c1ccc(Cl)c(N2CCNC2=O)c1. The van der Waals surface area contributed by atoms with Crippen molar-refractivity contribution in [3.8, 4) is 0 Å². The van der Waals surface area contributed by atoms with Crippen LogP contribution in [0.15, 0.2) is 34.7 Å². The summed E-state index contributed by atoms with van der Waals surface area (Å²) in [7, 11) is 0. The number of anilines is 1. The van der Waals surface area contributed by atoms with Gasteiger partial charge in [0.25, 0.3) is 5.91 Å². The second-order valence-corrected chi connectivity index (χ2v) is 5.71. The summed E-state index contributed by atoms with van der Waals surface area (Å²) < 4.78 is 5.07. The molecule has 1 aliphatic heterocycles. The van der Waals surface area contributed by atoms with Crippen molar-refractivity contribution < 1.29 is 23.9 Å². The lowest BCUT2D eigenvalue weighted by Crippen LogP contribution is -2.28. The molecule has 1 fully saturated rings. The molecule has 0 atom stereocenters. The minimum atomic E-state index is -1.18. The van der Waals surface area contributed by atoms with Crippen LogP contribution < -0.4 is 15.5 Å². The van der Waals surface area contributed by atoms with Gasteiger partial charge in [-0.2, -0.15) is 0 Å². The van der Waals surface area contributed by atoms with E-state index < -0.39 is 11.9 Å². The summed E-state index contributed by atoms with van der Waals surface area (Å²) in [5.41, 5.74) is 0.777. The predicted octanol–water partition coefficient (Wildman–Crippen LogP) is 2.09. The monoisotopic (exact) mass is 363 g/mol. The van der Waals surface area contributed by atoms with Crippen LogP contribution in [0.3, 0.4) is 0 Å². The smallest absolute Gasteiger partial charge is 0.371 e. The maximum absolute atomic E-state index is 12.3. The van der Waals surface area contributed by atoms with Crippen LogP contribution in [0.1, 0.15) is 26.7 Å². The number of hydrogen-bond donors (Lipinski definition) is 3. The molecular weight excluding hydrogens is 350 g/mol. The van der Waals surface area contributed by atoms with Gasteiger partial charge in [-0.25, -0.2) is 9.59 Å². The summed E-state index contributed by atoms with van der Waals surface area (Å²) in [5, 5.41) is 14.5. The summed E-state index contributed by atoms with van der Waals surface area (Å²) in [5.74, 6) is -1.45. The third kappa shape index (κ3) is 3.58. The second kappa shape index (κ2) is 6.86. The van der Waals surface area contributed by atoms with E-state index >= 15 is 0 Å². The molecule has 1 aromatic carbocycles. The average Bonchev–Trinajstić information content (AvgIpc) is 3.22. The van der Waals surface area contributed by atoms with Crippen molar-refractivity contribution in [3.05, 3.63) is 52.4 Å². The largest absolute Gasteiger partial charge is 0.475 e. The van der Waals surface area contributed by atoms with E-state index in [1.165, 1.54) is 23.1 Å². The second-order valence-electron chi connectivity index (χ2n) is 5.30. The van der Waals surface area contributed by atoms with Crippen LogP contribution in [0.25, 0.3) is 0 Å². The molecule has 130 valence electrons. The number of furan rings is 1. The highest BCUT2D eigenvalue weighted by molar-refractivity contribution is 6.34. The lowest BCUT2D eigenvalue weighted by Gasteiger charge is -2.17. The Bertz CT molecular complexity index is 848. The van der Waals surface area contributed by atoms with E-state index in [2.05, 4.69) is 10.6 Å². The molecule has 3 N–H and O–H groups in total. The third-order valence-electron chi connectivity index (χ3n) is 3.65. The van der Waals surface area contributed by atoms with Gasteiger partial charge in [-0.3, -0.25) is 9.69 Å². The predicted molar refractivity (Wildman–Crippen MR) is 89.0 cm³/mol. The number of nitrogens with one attached hydrogen (secondary N) is 2. The zero-order chi connectivity index (χ0) is 18.0. The fraction of sp³-hybridized carbons (Fsp3) is 0.188. The van der Waals surface area contributed by atoms with Crippen molar-refractivity contribution in [1.82, 2.24) is 10.6 Å². The molecular formula is C16H14ClN3O5. The highest BCUT2D eigenvalue weighted by Crippen LogP contribution is 2.28. The van der Waals surface area contributed by atoms with Gasteiger partial charge in [0, 0.05) is 18.7 Å². The first-order valence-electron chi connectivity index (χ1n) is 7.41. The van der Waals surface area contributed by atoms with Gasteiger partial charge in [-0.05, 0) is 30.3 Å². The number of benzene rings is 1. The minimum Gasteiger partial charge on any atom is -0.475 e. The van der Waals surface area contributed by atoms with Gasteiger partial charge in [-0.15, -0.1) is 0 Å². The number of rotatable bonds is 5. The number of carboxylic acids is 1. The number of nitrogens with zero attached hydrogens (tertiary/aromatic N) is 1. The Hall–Kier alpha value is -3.00. The molecule has 1 saturated heterocycles. The van der Waals surface area contributed by atoms with Crippen molar-refractivity contribution >= 4 is 35.2 Å². The molecule has 0 radical (unpaired) electrons. The fourth-order valence-corrected chi connectivity index (χ4v) is 2.64. The van der Waals surface area contributed by atoms with Crippen molar-refractivity contribution in [2.45, 2.75) is 6.54 Å². The molecule has 3 rings (SSSR count). The van der Waals surface area contributed by atoms with E-state index in [4.69, 9.17) is 21.1 Å². The number of carbonyl (C=O) groups excluding carboxylic acids is 2. The number of halogens is 1. The lowest BCUT2D eigenvalue weighted by molar-refractivity contribution is 0.0660. The Morgan fingerprint density at radius 3 is 2.76 bits per heavy atom. The zero-order valence-corrected chi connectivity index (χ0v) is 13.7. The number of aromatic carboxylic acids is 1. The fourth-order valence-electron chi connectivity index (χ4n) is 2.42. The van der Waals surface area contributed by atoms with E-state index in [1.54, 1.807) is 12.1 Å². The van der Waals surface area contributed by atoms with Gasteiger partial charge in [0.1, 0.15) is 5.76 Å². The van der Waals surface area contributed by atoms with Crippen LogP contribution in [0.5, 0.6) is 0 Å². The Kier molecular flexibility index (Phi) is 4.62. The Balaban J connectivity index is 1.71. The first-order chi connectivity index (χ1) is 12.0. The number of hydrogen-bond acceptors (Lipinski definition) is 4. The van der Waals surface area contributed by atoms with E-state index in [1.807, 2.05) is 0 Å². The summed E-state index contributed by atoms with van der Waals surface area (Å²) in [6.07, 6.45) is 0. The zero-order valence-electron chi connectivity index (χ0n) is 12.9. The first kappa shape index (κ1) is 16.8. The molecule has 2 aromatic rings. The quantitative estimate of drug-likeness (QED) is 0.753. The molecule has 0 aliphatic carbocycles. The van der Waals surface area contributed by atoms with E-state index in [-0.39, 0.29) is 18.3 Å². The lowest BCUT2D eigenvalue weighted by atomic mass is 10.1. The molecule has 2 heterocycles. The maximum Gasteiger partial charge on any atom is 0.371 e. The third-order valence-corrected chi connectivity index (χ3v) is 3.97. The van der Waals surface area contributed by atoms with Crippen LogP contribution in [-0.4, -0.2) is 36.1 Å². The molecule has 9 heteroatoms. The van der Waals surface area contributed by atoms with Crippen molar-refractivity contribution in [1.29, 1.82) is 0 Å². The van der Waals surface area contributed by atoms with Crippen molar-refractivity contribution in [3.63, 3.8) is 0 Å². The highest BCUT2D eigenvalue weighted by atomic mass is 35.5. The maximum atomic E-state index is 12.3. The molecule has 1 aliphatic rings. The Morgan fingerprint density at radius 2 is 2.12 bits per heavy atom. The van der Waals surface area contributed by atoms with Gasteiger partial charge < -0.3 is 20.2 Å². The van der Waals surface area contributed by atoms with Crippen molar-refractivity contribution in [2.75, 3.05) is 18.0 Å². The van der Waals surface area contributed by atoms with E-state index in [0.717, 1.165) is 0 Å².